The summed E-state index contributed by atoms with van der Waals surface area (Å²) in [6.07, 6.45) is 1.17. The molecule has 1 atom stereocenters. The zero-order valence-electron chi connectivity index (χ0n) is 14.8. The van der Waals surface area contributed by atoms with Crippen LogP contribution in [0.5, 0.6) is 0 Å². The molecule has 1 heterocycles. The van der Waals surface area contributed by atoms with Crippen LogP contribution >= 0.6 is 0 Å². The van der Waals surface area contributed by atoms with E-state index in [0.717, 1.165) is 31.6 Å². The van der Waals surface area contributed by atoms with Crippen molar-refractivity contribution in [3.05, 3.63) is 35.9 Å². The van der Waals surface area contributed by atoms with Gasteiger partial charge in [-0.1, -0.05) is 58.0 Å². The number of hydrogen-bond donors (Lipinski definition) is 0. The Morgan fingerprint density at radius 2 is 1.73 bits per heavy atom. The molecule has 1 aliphatic rings. The fourth-order valence-corrected chi connectivity index (χ4v) is 3.51. The molecule has 1 aromatic carbocycles. The van der Waals surface area contributed by atoms with Gasteiger partial charge in [-0.25, -0.2) is 0 Å². The third-order valence-corrected chi connectivity index (χ3v) is 4.79. The van der Waals surface area contributed by atoms with E-state index in [2.05, 4.69) is 62.9 Å². The maximum atomic E-state index is 5.74. The Hall–Kier alpha value is -0.860. The first kappa shape index (κ1) is 17.5. The summed E-state index contributed by atoms with van der Waals surface area (Å²) in [5, 5.41) is 0. The maximum Gasteiger partial charge on any atom is 0.0593 e. The lowest BCUT2D eigenvalue weighted by Gasteiger charge is -2.45. The number of hydrogen-bond acceptors (Lipinski definition) is 2. The van der Waals surface area contributed by atoms with Crippen LogP contribution in [0.4, 0.5) is 0 Å². The van der Waals surface area contributed by atoms with Gasteiger partial charge in [-0.15, -0.1) is 0 Å². The van der Waals surface area contributed by atoms with Crippen molar-refractivity contribution in [2.45, 2.75) is 40.0 Å². The van der Waals surface area contributed by atoms with E-state index in [-0.39, 0.29) is 0 Å². The van der Waals surface area contributed by atoms with Crippen molar-refractivity contribution in [2.75, 3.05) is 32.8 Å². The number of rotatable bonds is 9. The summed E-state index contributed by atoms with van der Waals surface area (Å²) < 4.78 is 5.74. The molecule has 0 bridgehead atoms. The van der Waals surface area contributed by atoms with Gasteiger partial charge in [-0.2, -0.15) is 0 Å². The van der Waals surface area contributed by atoms with Gasteiger partial charge in [0.25, 0.3) is 0 Å². The first-order chi connectivity index (χ1) is 10.6. The SMILES string of the molecule is CC(C)CCOCCN1CC([C@@H](c2ccccc2)C(C)C)C1. The largest absolute Gasteiger partial charge is 0.380 e. The highest BCUT2D eigenvalue weighted by molar-refractivity contribution is 5.22. The average Bonchev–Trinajstić information content (AvgIpc) is 2.44. The van der Waals surface area contributed by atoms with Crippen LogP contribution in [0.25, 0.3) is 0 Å². The van der Waals surface area contributed by atoms with Crippen LogP contribution in [0.3, 0.4) is 0 Å². The van der Waals surface area contributed by atoms with E-state index < -0.39 is 0 Å². The smallest absolute Gasteiger partial charge is 0.0593 e. The van der Waals surface area contributed by atoms with Crippen molar-refractivity contribution in [3.8, 4) is 0 Å². The molecule has 0 aromatic heterocycles. The van der Waals surface area contributed by atoms with E-state index >= 15 is 0 Å². The molecule has 2 nitrogen and oxygen atoms in total. The van der Waals surface area contributed by atoms with Gasteiger partial charge in [0.1, 0.15) is 0 Å². The van der Waals surface area contributed by atoms with Crippen molar-refractivity contribution >= 4 is 0 Å². The molecule has 2 rings (SSSR count). The van der Waals surface area contributed by atoms with E-state index in [4.69, 9.17) is 4.74 Å². The third-order valence-electron chi connectivity index (χ3n) is 4.79. The van der Waals surface area contributed by atoms with Crippen molar-refractivity contribution in [1.29, 1.82) is 0 Å². The molecule has 22 heavy (non-hydrogen) atoms. The fourth-order valence-electron chi connectivity index (χ4n) is 3.51. The van der Waals surface area contributed by atoms with E-state index in [1.165, 1.54) is 25.1 Å². The van der Waals surface area contributed by atoms with E-state index in [1.807, 2.05) is 0 Å². The minimum absolute atomic E-state index is 0.694. The molecule has 2 heteroatoms. The van der Waals surface area contributed by atoms with Gasteiger partial charge in [-0.05, 0) is 35.7 Å². The van der Waals surface area contributed by atoms with Gasteiger partial charge in [0, 0.05) is 26.2 Å². The van der Waals surface area contributed by atoms with E-state index in [0.29, 0.717) is 11.8 Å². The van der Waals surface area contributed by atoms with Gasteiger partial charge in [0.2, 0.25) is 0 Å². The Bertz CT molecular complexity index is 409. The Morgan fingerprint density at radius 3 is 2.32 bits per heavy atom. The highest BCUT2D eigenvalue weighted by atomic mass is 16.5. The van der Waals surface area contributed by atoms with E-state index in [9.17, 15) is 0 Å². The first-order valence-corrected chi connectivity index (χ1v) is 8.93. The number of benzene rings is 1. The molecule has 0 aliphatic carbocycles. The minimum atomic E-state index is 0.694. The summed E-state index contributed by atoms with van der Waals surface area (Å²) in [5.74, 6) is 2.94. The van der Waals surface area contributed by atoms with Crippen LogP contribution in [0, 0.1) is 17.8 Å². The molecule has 0 N–H and O–H groups in total. The molecule has 1 fully saturated rings. The highest BCUT2D eigenvalue weighted by Gasteiger charge is 2.35. The third kappa shape index (κ3) is 5.10. The standard InChI is InChI=1S/C20H33NO/c1-16(2)10-12-22-13-11-21-14-19(15-21)20(17(3)4)18-8-6-5-7-9-18/h5-9,16-17,19-20H,10-15H2,1-4H3/t20-/m1/s1. The van der Waals surface area contributed by atoms with Gasteiger partial charge in [0.05, 0.1) is 6.61 Å². The quantitative estimate of drug-likeness (QED) is 0.626. The van der Waals surface area contributed by atoms with Crippen LogP contribution in [-0.2, 0) is 4.74 Å². The summed E-state index contributed by atoms with van der Waals surface area (Å²) in [6, 6.07) is 11.0. The van der Waals surface area contributed by atoms with E-state index in [1.54, 1.807) is 0 Å². The number of likely N-dealkylation sites (tertiary alicyclic amines) is 1. The lowest BCUT2D eigenvalue weighted by Crippen LogP contribution is -2.51. The summed E-state index contributed by atoms with van der Waals surface area (Å²) in [4.78, 5) is 2.54. The lowest BCUT2D eigenvalue weighted by molar-refractivity contribution is 0.0291. The van der Waals surface area contributed by atoms with Crippen LogP contribution in [0.2, 0.25) is 0 Å². The summed E-state index contributed by atoms with van der Waals surface area (Å²) >= 11 is 0. The predicted molar refractivity (Wildman–Crippen MR) is 94.2 cm³/mol. The minimum Gasteiger partial charge on any atom is -0.380 e. The average molecular weight is 303 g/mol. The first-order valence-electron chi connectivity index (χ1n) is 8.93. The maximum absolute atomic E-state index is 5.74. The summed E-state index contributed by atoms with van der Waals surface area (Å²) in [7, 11) is 0. The fraction of sp³-hybridized carbons (Fsp3) is 0.700. The number of nitrogens with zero attached hydrogens (tertiary/aromatic N) is 1. The van der Waals surface area contributed by atoms with Gasteiger partial charge < -0.3 is 9.64 Å². The molecular formula is C20H33NO. The second kappa shape index (κ2) is 8.69. The van der Waals surface area contributed by atoms with Crippen molar-refractivity contribution < 1.29 is 4.74 Å². The topological polar surface area (TPSA) is 12.5 Å². The molecule has 0 spiro atoms. The molecule has 0 saturated carbocycles. The molecule has 1 aliphatic heterocycles. The molecule has 1 saturated heterocycles. The van der Waals surface area contributed by atoms with Crippen molar-refractivity contribution in [1.82, 2.24) is 4.90 Å². The molecule has 0 radical (unpaired) electrons. The second-order valence-corrected chi connectivity index (χ2v) is 7.50. The summed E-state index contributed by atoms with van der Waals surface area (Å²) in [6.45, 7) is 14.6. The molecule has 124 valence electrons. The molecule has 1 aromatic rings. The Balaban J connectivity index is 1.70. The van der Waals surface area contributed by atoms with Crippen LogP contribution < -0.4 is 0 Å². The van der Waals surface area contributed by atoms with Crippen LogP contribution in [-0.4, -0.2) is 37.7 Å². The lowest BCUT2D eigenvalue weighted by atomic mass is 9.75. The normalized spacial score (nSPS) is 17.9. The van der Waals surface area contributed by atoms with Gasteiger partial charge in [0.15, 0.2) is 0 Å². The van der Waals surface area contributed by atoms with Crippen molar-refractivity contribution in [2.24, 2.45) is 17.8 Å². The Labute approximate surface area is 136 Å². The Kier molecular flexibility index (Phi) is 6.91. The van der Waals surface area contributed by atoms with Crippen molar-refractivity contribution in [3.63, 3.8) is 0 Å². The number of ether oxygens (including phenoxy) is 1. The van der Waals surface area contributed by atoms with Gasteiger partial charge >= 0.3 is 0 Å². The van der Waals surface area contributed by atoms with Gasteiger partial charge in [-0.3, -0.25) is 0 Å². The molecule has 0 amide bonds. The van der Waals surface area contributed by atoms with Crippen LogP contribution in [0.1, 0.15) is 45.6 Å². The zero-order chi connectivity index (χ0) is 15.9. The Morgan fingerprint density at radius 1 is 1.05 bits per heavy atom. The van der Waals surface area contributed by atoms with Crippen LogP contribution in [0.15, 0.2) is 30.3 Å². The predicted octanol–water partition coefficient (Wildman–Crippen LogP) is 4.42. The molecule has 0 unspecified atom stereocenters. The molecular weight excluding hydrogens is 270 g/mol. The monoisotopic (exact) mass is 303 g/mol. The summed E-state index contributed by atoms with van der Waals surface area (Å²) in [5.41, 5.74) is 1.51. The zero-order valence-corrected chi connectivity index (χ0v) is 14.8. The second-order valence-electron chi connectivity index (χ2n) is 7.50. The highest BCUT2D eigenvalue weighted by Crippen LogP contribution is 2.37.